The molecule has 0 bridgehead atoms. The predicted molar refractivity (Wildman–Crippen MR) is 340 cm³/mol. The third-order valence-electron chi connectivity index (χ3n) is 16.4. The topological polar surface area (TPSA) is 57.4 Å². The van der Waals surface area contributed by atoms with Gasteiger partial charge >= 0.3 is 6.18 Å². The molecule has 0 aliphatic carbocycles. The highest BCUT2D eigenvalue weighted by atomic mass is 19.4. The normalized spacial score (nSPS) is 11.7. The second-order valence-electron chi connectivity index (χ2n) is 23.0. The molecule has 0 unspecified atom stereocenters. The summed E-state index contributed by atoms with van der Waals surface area (Å²) in [6.45, 7) is 16.9. The summed E-state index contributed by atoms with van der Waals surface area (Å²) in [5.41, 5.74) is 23.8. The van der Waals surface area contributed by atoms with Crippen molar-refractivity contribution in [1.29, 1.82) is 10.5 Å². The van der Waals surface area contributed by atoms with Gasteiger partial charge in [-0.2, -0.15) is 23.7 Å². The lowest BCUT2D eigenvalue weighted by atomic mass is 9.91. The van der Waals surface area contributed by atoms with E-state index in [1.165, 1.54) is 34.4 Å². The molecule has 0 radical (unpaired) electrons. The van der Waals surface area contributed by atoms with Gasteiger partial charge in [-0.25, -0.2) is 0 Å². The van der Waals surface area contributed by atoms with Crippen molar-refractivity contribution < 1.29 is 13.2 Å². The molecule has 13 aromatic rings. The standard InChI is InChI=1S/C77H57F3N4/c1-44-23-45(2)28-59(27-44)53-11-18-72-67(36-53)68-37-54(60-29-46(3)24-47(4)30-60)12-19-73(68)83(72)63-16-10-58(43-82)65(41-63)66-40-57(64-17-9-52(42-81)35-71(64)77(78,79)80)15-22-74(66)84-75-20-13-55(61-31-48(5)25-49(6)32-61)38-69(75)70-39-56(14-21-76(70)84)62-33-50(7)26-51(8)34-62/h9-41H,1-8H3. The van der Waals surface area contributed by atoms with Crippen LogP contribution in [0.1, 0.15) is 61.2 Å². The van der Waals surface area contributed by atoms with E-state index in [4.69, 9.17) is 0 Å². The molecule has 0 aliphatic rings. The molecule has 2 aromatic heterocycles. The van der Waals surface area contributed by atoms with Crippen LogP contribution in [0.2, 0.25) is 0 Å². The summed E-state index contributed by atoms with van der Waals surface area (Å²) < 4.78 is 50.2. The molecule has 0 saturated carbocycles. The fourth-order valence-electron chi connectivity index (χ4n) is 13.1. The average molecular weight is 1100 g/mol. The molecule has 0 fully saturated rings. The summed E-state index contributed by atoms with van der Waals surface area (Å²) in [4.78, 5) is 0. The zero-order valence-electron chi connectivity index (χ0n) is 48.0. The van der Waals surface area contributed by atoms with Crippen molar-refractivity contribution in [2.24, 2.45) is 0 Å². The Labute approximate surface area is 487 Å². The van der Waals surface area contributed by atoms with Crippen LogP contribution in [-0.2, 0) is 6.18 Å². The van der Waals surface area contributed by atoms with Gasteiger partial charge in [0, 0.05) is 38.4 Å². The van der Waals surface area contributed by atoms with Gasteiger partial charge in [0.2, 0.25) is 0 Å². The molecule has 13 rings (SSSR count). The summed E-state index contributed by atoms with van der Waals surface area (Å²) in [7, 11) is 0. The number of alkyl halides is 3. The summed E-state index contributed by atoms with van der Waals surface area (Å²) >= 11 is 0. The van der Waals surface area contributed by atoms with Gasteiger partial charge < -0.3 is 9.13 Å². The Morgan fingerprint density at radius 1 is 0.310 bits per heavy atom. The van der Waals surface area contributed by atoms with E-state index in [-0.39, 0.29) is 16.7 Å². The van der Waals surface area contributed by atoms with E-state index in [2.05, 4.69) is 216 Å². The van der Waals surface area contributed by atoms with Crippen LogP contribution >= 0.6 is 0 Å². The molecule has 406 valence electrons. The zero-order valence-corrected chi connectivity index (χ0v) is 48.0. The molecule has 0 aliphatic heterocycles. The molecule has 84 heavy (non-hydrogen) atoms. The summed E-state index contributed by atoms with van der Waals surface area (Å²) in [5.74, 6) is 0. The Morgan fingerprint density at radius 3 is 1.06 bits per heavy atom. The lowest BCUT2D eigenvalue weighted by molar-refractivity contribution is -0.137. The Kier molecular flexibility index (Phi) is 12.9. The van der Waals surface area contributed by atoms with E-state index in [1.54, 1.807) is 12.1 Å². The fourth-order valence-corrected chi connectivity index (χ4v) is 13.1. The van der Waals surface area contributed by atoms with Crippen LogP contribution in [0.4, 0.5) is 13.2 Å². The van der Waals surface area contributed by atoms with E-state index < -0.39 is 11.7 Å². The molecular weight excluding hydrogens is 1040 g/mol. The predicted octanol–water partition coefficient (Wildman–Crippen LogP) is 21.1. The van der Waals surface area contributed by atoms with Gasteiger partial charge in [0.25, 0.3) is 0 Å². The first-order chi connectivity index (χ1) is 40.4. The van der Waals surface area contributed by atoms with Crippen LogP contribution in [0.25, 0.3) is 122 Å². The number of fused-ring (bicyclic) bond motifs is 6. The van der Waals surface area contributed by atoms with Gasteiger partial charge in [-0.3, -0.25) is 0 Å². The number of hydrogen-bond acceptors (Lipinski definition) is 2. The summed E-state index contributed by atoms with van der Waals surface area (Å²) in [6.07, 6.45) is -4.78. The van der Waals surface area contributed by atoms with Gasteiger partial charge in [0.05, 0.1) is 56.6 Å². The van der Waals surface area contributed by atoms with Crippen molar-refractivity contribution in [3.8, 4) is 90.3 Å². The molecule has 0 saturated heterocycles. The van der Waals surface area contributed by atoms with E-state index in [1.807, 2.05) is 30.3 Å². The highest BCUT2D eigenvalue weighted by Gasteiger charge is 2.34. The lowest BCUT2D eigenvalue weighted by Gasteiger charge is -2.20. The van der Waals surface area contributed by atoms with Crippen LogP contribution in [0.3, 0.4) is 0 Å². The Balaban J connectivity index is 1.10. The molecule has 11 aromatic carbocycles. The van der Waals surface area contributed by atoms with Crippen LogP contribution < -0.4 is 0 Å². The fraction of sp³-hybridized carbons (Fsp3) is 0.117. The number of nitriles is 2. The zero-order chi connectivity index (χ0) is 58.5. The van der Waals surface area contributed by atoms with Crippen LogP contribution in [0.15, 0.2) is 200 Å². The third kappa shape index (κ3) is 9.48. The molecule has 4 nitrogen and oxygen atoms in total. The van der Waals surface area contributed by atoms with Crippen molar-refractivity contribution >= 4 is 43.6 Å². The van der Waals surface area contributed by atoms with Gasteiger partial charge in [-0.15, -0.1) is 0 Å². The number of halogens is 3. The van der Waals surface area contributed by atoms with Crippen LogP contribution in [0.5, 0.6) is 0 Å². The molecule has 0 atom stereocenters. The molecule has 7 heteroatoms. The number of nitrogens with zero attached hydrogens (tertiary/aromatic N) is 4. The summed E-state index contributed by atoms with van der Waals surface area (Å²) in [5, 5.41) is 25.2. The Morgan fingerprint density at radius 2 is 0.690 bits per heavy atom. The molecule has 0 N–H and O–H groups in total. The largest absolute Gasteiger partial charge is 0.417 e. The first-order valence-corrected chi connectivity index (χ1v) is 28.2. The average Bonchev–Trinajstić information content (AvgIpc) is 1.71. The first kappa shape index (κ1) is 53.1. The number of aryl methyl sites for hydroxylation is 8. The van der Waals surface area contributed by atoms with Crippen molar-refractivity contribution in [3.05, 3.63) is 261 Å². The Bertz CT molecular complexity index is 4710. The minimum atomic E-state index is -4.78. The quantitative estimate of drug-likeness (QED) is 0.152. The van der Waals surface area contributed by atoms with E-state index in [9.17, 15) is 10.5 Å². The van der Waals surface area contributed by atoms with Gasteiger partial charge in [-0.1, -0.05) is 154 Å². The number of aromatic nitrogens is 2. The monoisotopic (exact) mass is 1090 g/mol. The first-order valence-electron chi connectivity index (χ1n) is 28.2. The van der Waals surface area contributed by atoms with E-state index >= 15 is 13.2 Å². The van der Waals surface area contributed by atoms with Gasteiger partial charge in [0.1, 0.15) is 0 Å². The van der Waals surface area contributed by atoms with Crippen molar-refractivity contribution in [2.45, 2.75) is 61.6 Å². The van der Waals surface area contributed by atoms with Crippen molar-refractivity contribution in [2.75, 3.05) is 0 Å². The minimum absolute atomic E-state index is 0.0797. The molecule has 0 spiro atoms. The number of hydrogen-bond donors (Lipinski definition) is 0. The minimum Gasteiger partial charge on any atom is -0.309 e. The molecule has 0 amide bonds. The highest BCUT2D eigenvalue weighted by Crippen LogP contribution is 2.46. The maximum Gasteiger partial charge on any atom is 0.417 e. The van der Waals surface area contributed by atoms with Crippen LogP contribution in [-0.4, -0.2) is 9.13 Å². The Hall–Kier alpha value is -10.2. The number of benzene rings is 11. The van der Waals surface area contributed by atoms with Gasteiger partial charge in [0.15, 0.2) is 0 Å². The maximum absolute atomic E-state index is 15.3. The number of rotatable bonds is 8. The third-order valence-corrected chi connectivity index (χ3v) is 16.4. The van der Waals surface area contributed by atoms with Crippen molar-refractivity contribution in [3.63, 3.8) is 0 Å². The van der Waals surface area contributed by atoms with E-state index in [0.29, 0.717) is 22.4 Å². The summed E-state index contributed by atoms with van der Waals surface area (Å²) in [6, 6.07) is 71.9. The highest BCUT2D eigenvalue weighted by molar-refractivity contribution is 6.14. The molecule has 2 heterocycles. The second-order valence-corrected chi connectivity index (χ2v) is 23.0. The SMILES string of the molecule is Cc1cc(C)cc(-c2ccc3c(c2)c2cc(-c4cc(C)cc(C)c4)ccc2n3-c2ccc(C#N)c(-c3cc(-c4ccc(C#N)cc4C(F)(F)F)ccc3-n3c4ccc(-c5cc(C)cc(C)c5)cc4c4cc(-c5cc(C)cc(C)c5)ccc43)c2)c1. The maximum atomic E-state index is 15.3. The molecular formula is C77H57F3N4. The van der Waals surface area contributed by atoms with Crippen LogP contribution in [0, 0.1) is 78.1 Å². The van der Waals surface area contributed by atoms with Gasteiger partial charge in [-0.05, 0) is 202 Å². The smallest absolute Gasteiger partial charge is 0.309 e. The van der Waals surface area contributed by atoms with E-state index in [0.717, 1.165) is 122 Å². The lowest BCUT2D eigenvalue weighted by Crippen LogP contribution is -2.08. The second kappa shape index (κ2) is 20.3. The van der Waals surface area contributed by atoms with Crippen molar-refractivity contribution in [1.82, 2.24) is 9.13 Å².